The highest BCUT2D eigenvalue weighted by molar-refractivity contribution is 7.15. The highest BCUT2D eigenvalue weighted by atomic mass is 35.5. The Labute approximate surface area is 198 Å². The van der Waals surface area contributed by atoms with Crippen LogP contribution < -0.4 is 10.6 Å². The SMILES string of the molecule is CC.CNc1nc(C)c(Cc2ccc(Cl)c(Cl)c2)s1.O=Cc1ccc2c(n1)CCNC2. The van der Waals surface area contributed by atoms with Gasteiger partial charge >= 0.3 is 0 Å². The fourth-order valence-electron chi connectivity index (χ4n) is 2.95. The second-order valence-electron chi connectivity index (χ2n) is 6.59. The molecule has 0 fully saturated rings. The van der Waals surface area contributed by atoms with E-state index in [4.69, 9.17) is 23.2 Å². The number of nitrogens with zero attached hydrogens (tertiary/aromatic N) is 2. The topological polar surface area (TPSA) is 66.9 Å². The minimum Gasteiger partial charge on any atom is -0.365 e. The van der Waals surface area contributed by atoms with Crippen LogP contribution in [0.1, 0.15) is 51.7 Å². The van der Waals surface area contributed by atoms with E-state index >= 15 is 0 Å². The van der Waals surface area contributed by atoms with Gasteiger partial charge in [-0.1, -0.05) is 49.2 Å². The number of carbonyl (C=O) groups excluding carboxylic acids is 1. The maximum Gasteiger partial charge on any atom is 0.182 e. The van der Waals surface area contributed by atoms with Crippen LogP contribution in [0.15, 0.2) is 30.3 Å². The minimum atomic E-state index is 0.538. The first-order chi connectivity index (χ1) is 15.0. The zero-order valence-electron chi connectivity index (χ0n) is 18.3. The zero-order valence-corrected chi connectivity index (χ0v) is 20.6. The van der Waals surface area contributed by atoms with Gasteiger partial charge in [0, 0.05) is 43.5 Å². The second-order valence-corrected chi connectivity index (χ2v) is 8.49. The van der Waals surface area contributed by atoms with E-state index in [1.54, 1.807) is 17.4 Å². The monoisotopic (exact) mass is 478 g/mol. The number of thiazole rings is 1. The molecule has 2 N–H and O–H groups in total. The summed E-state index contributed by atoms with van der Waals surface area (Å²) in [4.78, 5) is 20.3. The van der Waals surface area contributed by atoms with Crippen molar-refractivity contribution in [3.63, 3.8) is 0 Å². The molecule has 0 amide bonds. The van der Waals surface area contributed by atoms with E-state index < -0.39 is 0 Å². The summed E-state index contributed by atoms with van der Waals surface area (Å²) in [5.41, 5.74) is 5.03. The first-order valence-corrected chi connectivity index (χ1v) is 11.8. The highest BCUT2D eigenvalue weighted by Gasteiger charge is 2.10. The van der Waals surface area contributed by atoms with Crippen LogP contribution in [0.3, 0.4) is 0 Å². The Morgan fingerprint density at radius 1 is 1.16 bits per heavy atom. The van der Waals surface area contributed by atoms with Crippen molar-refractivity contribution in [1.29, 1.82) is 0 Å². The molecule has 4 rings (SSSR count). The van der Waals surface area contributed by atoms with Crippen LogP contribution in [0, 0.1) is 6.92 Å². The van der Waals surface area contributed by atoms with Crippen molar-refractivity contribution >= 4 is 46.0 Å². The van der Waals surface area contributed by atoms with Crippen LogP contribution >= 0.6 is 34.5 Å². The molecule has 3 aromatic rings. The Morgan fingerprint density at radius 3 is 2.58 bits per heavy atom. The number of hydrogen-bond acceptors (Lipinski definition) is 6. The van der Waals surface area contributed by atoms with Crippen LogP contribution in [0.4, 0.5) is 5.13 Å². The number of nitrogens with one attached hydrogen (secondary N) is 2. The highest BCUT2D eigenvalue weighted by Crippen LogP contribution is 2.28. The largest absolute Gasteiger partial charge is 0.365 e. The summed E-state index contributed by atoms with van der Waals surface area (Å²) >= 11 is 13.6. The number of rotatable bonds is 4. The van der Waals surface area contributed by atoms with Crippen molar-refractivity contribution in [3.8, 4) is 0 Å². The summed E-state index contributed by atoms with van der Waals surface area (Å²) in [5.74, 6) is 0. The molecule has 0 unspecified atom stereocenters. The molecule has 0 aliphatic carbocycles. The van der Waals surface area contributed by atoms with E-state index in [1.807, 2.05) is 52.1 Å². The number of hydrogen-bond donors (Lipinski definition) is 2. The van der Waals surface area contributed by atoms with Gasteiger partial charge in [0.25, 0.3) is 0 Å². The molecule has 5 nitrogen and oxygen atoms in total. The first kappa shape index (κ1) is 25.3. The summed E-state index contributed by atoms with van der Waals surface area (Å²) in [6.45, 7) is 7.86. The second kappa shape index (κ2) is 12.8. The van der Waals surface area contributed by atoms with Gasteiger partial charge in [0.1, 0.15) is 5.69 Å². The number of aryl methyl sites for hydroxylation is 1. The molecule has 1 aliphatic rings. The summed E-state index contributed by atoms with van der Waals surface area (Å²) < 4.78 is 0. The molecular weight excluding hydrogens is 451 g/mol. The third-order valence-corrected chi connectivity index (χ3v) is 6.43. The van der Waals surface area contributed by atoms with Crippen molar-refractivity contribution in [2.75, 3.05) is 18.9 Å². The van der Waals surface area contributed by atoms with Gasteiger partial charge in [-0.05, 0) is 36.2 Å². The minimum absolute atomic E-state index is 0.538. The van der Waals surface area contributed by atoms with Gasteiger partial charge in [-0.2, -0.15) is 0 Å². The molecule has 0 spiro atoms. The number of fused-ring (bicyclic) bond motifs is 1. The van der Waals surface area contributed by atoms with Crippen molar-refractivity contribution in [3.05, 3.63) is 73.5 Å². The van der Waals surface area contributed by atoms with Crippen LogP contribution in [0.2, 0.25) is 10.0 Å². The third-order valence-electron chi connectivity index (χ3n) is 4.52. The Balaban J connectivity index is 0.000000214. The van der Waals surface area contributed by atoms with E-state index in [9.17, 15) is 4.79 Å². The number of aromatic nitrogens is 2. The molecule has 8 heteroatoms. The van der Waals surface area contributed by atoms with Gasteiger partial charge in [0.15, 0.2) is 11.4 Å². The van der Waals surface area contributed by atoms with Gasteiger partial charge < -0.3 is 10.6 Å². The normalized spacial score (nSPS) is 11.9. The van der Waals surface area contributed by atoms with Crippen molar-refractivity contribution < 1.29 is 4.79 Å². The predicted octanol–water partition coefficient (Wildman–Crippen LogP) is 5.96. The summed E-state index contributed by atoms with van der Waals surface area (Å²) in [7, 11) is 1.88. The van der Waals surface area contributed by atoms with E-state index in [0.29, 0.717) is 15.7 Å². The molecule has 0 atom stereocenters. The van der Waals surface area contributed by atoms with Gasteiger partial charge in [0.2, 0.25) is 0 Å². The fourth-order valence-corrected chi connectivity index (χ4v) is 4.22. The molecule has 3 heterocycles. The molecule has 31 heavy (non-hydrogen) atoms. The van der Waals surface area contributed by atoms with Crippen molar-refractivity contribution in [2.45, 2.75) is 40.2 Å². The van der Waals surface area contributed by atoms with Gasteiger partial charge in [-0.3, -0.25) is 4.79 Å². The zero-order chi connectivity index (χ0) is 22.8. The number of halogens is 2. The average Bonchev–Trinajstić information content (AvgIpc) is 3.17. The summed E-state index contributed by atoms with van der Waals surface area (Å²) in [6, 6.07) is 9.46. The van der Waals surface area contributed by atoms with E-state index in [2.05, 4.69) is 20.6 Å². The van der Waals surface area contributed by atoms with Crippen LogP contribution in [0.25, 0.3) is 0 Å². The Hall–Kier alpha value is -1.99. The molecule has 166 valence electrons. The fraction of sp³-hybridized carbons (Fsp3) is 0.348. The van der Waals surface area contributed by atoms with E-state index in [0.717, 1.165) is 54.3 Å². The number of pyridine rings is 1. The maximum absolute atomic E-state index is 10.4. The van der Waals surface area contributed by atoms with Crippen LogP contribution in [0.5, 0.6) is 0 Å². The lowest BCUT2D eigenvalue weighted by Crippen LogP contribution is -2.24. The van der Waals surface area contributed by atoms with Crippen molar-refractivity contribution in [1.82, 2.24) is 15.3 Å². The van der Waals surface area contributed by atoms with Gasteiger partial charge in [-0.25, -0.2) is 9.97 Å². The molecule has 0 saturated carbocycles. The molecular formula is C23H28Cl2N4OS. The summed E-state index contributed by atoms with van der Waals surface area (Å²) in [5, 5.41) is 8.43. The predicted molar refractivity (Wildman–Crippen MR) is 132 cm³/mol. The quantitative estimate of drug-likeness (QED) is 0.452. The lowest BCUT2D eigenvalue weighted by atomic mass is 10.1. The molecule has 1 aromatic carbocycles. The van der Waals surface area contributed by atoms with Crippen LogP contribution in [-0.4, -0.2) is 29.8 Å². The standard InChI is InChI=1S/C12H12Cl2N2S.C9H10N2O.C2H6/c1-7-11(17-12(15-2)16-7)6-8-3-4-9(13)10(14)5-8;12-6-8-2-1-7-5-10-4-3-9(7)11-8;1-2/h3-5H,6H2,1-2H3,(H,15,16);1-2,6,10H,3-5H2;1-2H3. The lowest BCUT2D eigenvalue weighted by molar-refractivity contribution is 0.111. The Bertz CT molecular complexity index is 1010. The van der Waals surface area contributed by atoms with E-state index in [-0.39, 0.29) is 0 Å². The smallest absolute Gasteiger partial charge is 0.182 e. The van der Waals surface area contributed by atoms with E-state index in [1.165, 1.54) is 10.4 Å². The molecule has 0 radical (unpaired) electrons. The average molecular weight is 479 g/mol. The Kier molecular flexibility index (Phi) is 10.4. The Morgan fingerprint density at radius 2 is 1.94 bits per heavy atom. The number of benzene rings is 1. The van der Waals surface area contributed by atoms with Gasteiger partial charge in [0.05, 0.1) is 15.7 Å². The summed E-state index contributed by atoms with van der Waals surface area (Å²) in [6.07, 6.45) is 2.56. The molecule has 0 bridgehead atoms. The molecule has 2 aromatic heterocycles. The number of aldehydes is 1. The third kappa shape index (κ3) is 7.28. The molecule has 0 saturated heterocycles. The molecule has 1 aliphatic heterocycles. The number of carbonyl (C=O) groups is 1. The van der Waals surface area contributed by atoms with Crippen LogP contribution in [-0.2, 0) is 19.4 Å². The lowest BCUT2D eigenvalue weighted by Gasteiger charge is -2.15. The maximum atomic E-state index is 10.4. The van der Waals surface area contributed by atoms with Crippen molar-refractivity contribution in [2.24, 2.45) is 0 Å². The van der Waals surface area contributed by atoms with Gasteiger partial charge in [-0.15, -0.1) is 11.3 Å². The first-order valence-electron chi connectivity index (χ1n) is 10.2. The number of anilines is 1.